The largest absolute Gasteiger partial charge is 1.00 e. The Labute approximate surface area is 151 Å². The highest BCUT2D eigenvalue weighted by Crippen LogP contribution is 2.06. The van der Waals surface area contributed by atoms with Gasteiger partial charge in [0.2, 0.25) is 0 Å². The normalized spacial score (nSPS) is 10.9. The Morgan fingerprint density at radius 1 is 1.08 bits per heavy atom. The third-order valence-corrected chi connectivity index (χ3v) is 4.23. The van der Waals surface area contributed by atoms with E-state index in [1.165, 1.54) is 22.7 Å². The van der Waals surface area contributed by atoms with E-state index < -0.39 is 0 Å². The second-order valence-corrected chi connectivity index (χ2v) is 6.30. The Kier molecular flexibility index (Phi) is 5.47. The standard InChI is InChI=1S/C17H22N5O2.ClH/c1-12-8-13(2)10-21(9-12)6-5-7-22-11-18-15-14(22)16(23)20(4)17(24)19(15)3;/h8-11H,5-7H2,1-4H3;1H/q+1;/p-1. The smallest absolute Gasteiger partial charge is 0.332 e. The zero-order chi connectivity index (χ0) is 17.4. The maximum Gasteiger partial charge on any atom is 0.332 e. The molecule has 0 amide bonds. The maximum atomic E-state index is 12.4. The lowest BCUT2D eigenvalue weighted by Crippen LogP contribution is -3.00. The van der Waals surface area contributed by atoms with Crippen LogP contribution in [0.4, 0.5) is 0 Å². The molecule has 3 aromatic rings. The summed E-state index contributed by atoms with van der Waals surface area (Å²) in [5.41, 5.74) is 2.71. The van der Waals surface area contributed by atoms with Crippen molar-refractivity contribution in [2.75, 3.05) is 0 Å². The Balaban J connectivity index is 0.00000225. The fourth-order valence-electron chi connectivity index (χ4n) is 3.11. The molecule has 7 nitrogen and oxygen atoms in total. The van der Waals surface area contributed by atoms with Crippen LogP contribution in [0.15, 0.2) is 34.4 Å². The average molecular weight is 364 g/mol. The maximum absolute atomic E-state index is 12.4. The molecule has 0 unspecified atom stereocenters. The number of pyridine rings is 1. The van der Waals surface area contributed by atoms with Gasteiger partial charge in [0, 0.05) is 38.2 Å². The molecule has 134 valence electrons. The van der Waals surface area contributed by atoms with Crippen LogP contribution in [-0.4, -0.2) is 18.7 Å². The van der Waals surface area contributed by atoms with E-state index >= 15 is 0 Å². The quantitative estimate of drug-likeness (QED) is 0.479. The number of aromatic nitrogens is 5. The van der Waals surface area contributed by atoms with E-state index in [4.69, 9.17) is 0 Å². The van der Waals surface area contributed by atoms with Gasteiger partial charge in [0.05, 0.1) is 6.33 Å². The second-order valence-electron chi connectivity index (χ2n) is 6.30. The van der Waals surface area contributed by atoms with Gasteiger partial charge in [-0.3, -0.25) is 13.9 Å². The third-order valence-electron chi connectivity index (χ3n) is 4.23. The van der Waals surface area contributed by atoms with E-state index in [0.29, 0.717) is 17.7 Å². The first-order chi connectivity index (χ1) is 11.4. The van der Waals surface area contributed by atoms with Crippen molar-refractivity contribution in [2.45, 2.75) is 33.4 Å². The van der Waals surface area contributed by atoms with E-state index in [-0.39, 0.29) is 23.7 Å². The van der Waals surface area contributed by atoms with Crippen LogP contribution < -0.4 is 28.2 Å². The highest BCUT2D eigenvalue weighted by atomic mass is 35.5. The Morgan fingerprint density at radius 2 is 1.72 bits per heavy atom. The molecule has 0 atom stereocenters. The van der Waals surface area contributed by atoms with E-state index in [0.717, 1.165) is 17.5 Å². The van der Waals surface area contributed by atoms with Gasteiger partial charge in [-0.2, -0.15) is 0 Å². The van der Waals surface area contributed by atoms with Gasteiger partial charge < -0.3 is 17.0 Å². The number of hydrogen-bond acceptors (Lipinski definition) is 3. The van der Waals surface area contributed by atoms with E-state index in [1.54, 1.807) is 13.4 Å². The summed E-state index contributed by atoms with van der Waals surface area (Å²) in [5, 5.41) is 0. The molecule has 0 bridgehead atoms. The van der Waals surface area contributed by atoms with Crippen LogP contribution >= 0.6 is 0 Å². The minimum Gasteiger partial charge on any atom is -1.00 e. The number of imidazole rings is 1. The van der Waals surface area contributed by atoms with Gasteiger partial charge in [-0.25, -0.2) is 14.3 Å². The predicted molar refractivity (Wildman–Crippen MR) is 90.9 cm³/mol. The number of halogens is 1. The number of fused-ring (bicyclic) bond motifs is 1. The lowest BCUT2D eigenvalue weighted by atomic mass is 10.2. The molecule has 0 saturated heterocycles. The van der Waals surface area contributed by atoms with Gasteiger partial charge in [-0.05, 0) is 19.9 Å². The molecule has 3 aromatic heterocycles. The van der Waals surface area contributed by atoms with E-state index in [1.807, 2.05) is 4.57 Å². The van der Waals surface area contributed by atoms with Crippen molar-refractivity contribution >= 4 is 11.2 Å². The monoisotopic (exact) mass is 363 g/mol. The van der Waals surface area contributed by atoms with Crippen LogP contribution in [0.25, 0.3) is 11.2 Å². The summed E-state index contributed by atoms with van der Waals surface area (Å²) in [6, 6.07) is 2.14. The molecule has 0 spiro atoms. The van der Waals surface area contributed by atoms with Gasteiger partial charge in [0.25, 0.3) is 5.56 Å². The highest BCUT2D eigenvalue weighted by molar-refractivity contribution is 5.69. The molecule has 0 N–H and O–H groups in total. The minimum absolute atomic E-state index is 0. The summed E-state index contributed by atoms with van der Waals surface area (Å²) in [5.74, 6) is 0. The van der Waals surface area contributed by atoms with Crippen LogP contribution in [0, 0.1) is 13.8 Å². The number of aryl methyl sites for hydroxylation is 5. The first-order valence-electron chi connectivity index (χ1n) is 7.96. The highest BCUT2D eigenvalue weighted by Gasteiger charge is 2.14. The second kappa shape index (κ2) is 7.23. The molecule has 0 saturated carbocycles. The van der Waals surface area contributed by atoms with Crippen molar-refractivity contribution in [2.24, 2.45) is 14.1 Å². The van der Waals surface area contributed by atoms with Gasteiger partial charge in [-0.15, -0.1) is 0 Å². The fourth-order valence-corrected chi connectivity index (χ4v) is 3.11. The third kappa shape index (κ3) is 3.51. The zero-order valence-corrected chi connectivity index (χ0v) is 15.6. The lowest BCUT2D eigenvalue weighted by molar-refractivity contribution is -0.698. The van der Waals surface area contributed by atoms with Crippen LogP contribution in [0.1, 0.15) is 17.5 Å². The molecule has 25 heavy (non-hydrogen) atoms. The van der Waals surface area contributed by atoms with Gasteiger partial charge >= 0.3 is 5.69 Å². The van der Waals surface area contributed by atoms with Crippen molar-refractivity contribution in [1.82, 2.24) is 18.7 Å². The summed E-state index contributed by atoms with van der Waals surface area (Å²) < 4.78 is 6.53. The Hall–Kier alpha value is -2.41. The van der Waals surface area contributed by atoms with Crippen molar-refractivity contribution in [3.63, 3.8) is 0 Å². The molecule has 3 rings (SSSR count). The topological polar surface area (TPSA) is 65.7 Å². The summed E-state index contributed by atoms with van der Waals surface area (Å²) in [6.07, 6.45) is 6.73. The van der Waals surface area contributed by atoms with Crippen molar-refractivity contribution < 1.29 is 17.0 Å². The molecule has 0 radical (unpaired) electrons. The van der Waals surface area contributed by atoms with Crippen molar-refractivity contribution in [1.29, 1.82) is 0 Å². The molecule has 0 aliphatic rings. The minimum atomic E-state index is -0.358. The summed E-state index contributed by atoms with van der Waals surface area (Å²) in [4.78, 5) is 28.6. The van der Waals surface area contributed by atoms with Gasteiger partial charge in [0.1, 0.15) is 6.54 Å². The van der Waals surface area contributed by atoms with E-state index in [9.17, 15) is 9.59 Å². The molecular weight excluding hydrogens is 342 g/mol. The van der Waals surface area contributed by atoms with E-state index in [2.05, 4.69) is 41.9 Å². The Morgan fingerprint density at radius 3 is 2.36 bits per heavy atom. The molecule has 0 aliphatic carbocycles. The fraction of sp³-hybridized carbons (Fsp3) is 0.412. The molecular formula is C17H22ClN5O2. The predicted octanol–water partition coefficient (Wildman–Crippen LogP) is -2.57. The molecule has 0 aromatic carbocycles. The van der Waals surface area contributed by atoms with Crippen LogP contribution in [-0.2, 0) is 27.2 Å². The van der Waals surface area contributed by atoms with Crippen LogP contribution in [0.5, 0.6) is 0 Å². The van der Waals surface area contributed by atoms with Crippen molar-refractivity contribution in [3.05, 3.63) is 56.8 Å². The zero-order valence-electron chi connectivity index (χ0n) is 14.9. The first kappa shape index (κ1) is 18.9. The lowest BCUT2D eigenvalue weighted by Gasteiger charge is -2.06. The average Bonchev–Trinajstić information content (AvgIpc) is 2.94. The first-order valence-corrected chi connectivity index (χ1v) is 7.96. The van der Waals surface area contributed by atoms with Gasteiger partial charge in [0.15, 0.2) is 23.6 Å². The number of hydrogen-bond donors (Lipinski definition) is 0. The summed E-state index contributed by atoms with van der Waals surface area (Å²) in [7, 11) is 3.12. The molecule has 8 heteroatoms. The molecule has 0 fully saturated rings. The molecule has 0 aliphatic heterocycles. The Bertz CT molecular complexity index is 1010. The SMILES string of the molecule is Cc1cc(C)c[n+](CCCn2cnc3c2c(=O)n(C)c(=O)n3C)c1.[Cl-]. The van der Waals surface area contributed by atoms with Crippen LogP contribution in [0.3, 0.4) is 0 Å². The van der Waals surface area contributed by atoms with Gasteiger partial charge in [-0.1, -0.05) is 0 Å². The number of nitrogens with zero attached hydrogens (tertiary/aromatic N) is 5. The molecule has 3 heterocycles. The summed E-state index contributed by atoms with van der Waals surface area (Å²) in [6.45, 7) is 5.69. The number of rotatable bonds is 4. The van der Waals surface area contributed by atoms with Crippen molar-refractivity contribution in [3.8, 4) is 0 Å². The van der Waals surface area contributed by atoms with Crippen LogP contribution in [0.2, 0.25) is 0 Å². The summed E-state index contributed by atoms with van der Waals surface area (Å²) >= 11 is 0.